The van der Waals surface area contributed by atoms with E-state index in [0.29, 0.717) is 22.1 Å². The highest BCUT2D eigenvalue weighted by molar-refractivity contribution is 8.93. The van der Waals surface area contributed by atoms with Crippen LogP contribution in [0.4, 0.5) is 10.1 Å². The van der Waals surface area contributed by atoms with Gasteiger partial charge in [0.05, 0.1) is 18.0 Å². The topological polar surface area (TPSA) is 43.6 Å². The van der Waals surface area contributed by atoms with E-state index in [1.807, 2.05) is 17.5 Å². The van der Waals surface area contributed by atoms with Gasteiger partial charge in [-0.15, -0.1) is 28.3 Å². The molecule has 1 aromatic heterocycles. The zero-order valence-corrected chi connectivity index (χ0v) is 17.7. The molecule has 8 heteroatoms. The lowest BCUT2D eigenvalue weighted by Crippen LogP contribution is -2.22. The van der Waals surface area contributed by atoms with E-state index in [-0.39, 0.29) is 35.3 Å². The van der Waals surface area contributed by atoms with Gasteiger partial charge in [0.25, 0.3) is 0 Å². The molecule has 0 spiro atoms. The third kappa shape index (κ3) is 5.51. The SMILES string of the molecule is Br.CCOC(=O)Cn1c(-c2ccc(Cl)cc2)csc1=Nc1ccc(F)cc1. The quantitative estimate of drug-likeness (QED) is 0.469. The van der Waals surface area contributed by atoms with Crippen LogP contribution >= 0.6 is 39.9 Å². The molecular weight excluding hydrogens is 455 g/mol. The molecule has 3 aromatic rings. The summed E-state index contributed by atoms with van der Waals surface area (Å²) in [6, 6.07) is 13.2. The van der Waals surface area contributed by atoms with Gasteiger partial charge < -0.3 is 9.30 Å². The second-order valence-electron chi connectivity index (χ2n) is 5.39. The Balaban J connectivity index is 0.00000261. The molecule has 0 saturated heterocycles. The van der Waals surface area contributed by atoms with E-state index in [0.717, 1.165) is 11.3 Å². The summed E-state index contributed by atoms with van der Waals surface area (Å²) in [4.78, 5) is 17.2. The lowest BCUT2D eigenvalue weighted by Gasteiger charge is -2.09. The Hall–Kier alpha value is -1.96. The molecule has 4 nitrogen and oxygen atoms in total. The van der Waals surface area contributed by atoms with Gasteiger partial charge in [-0.25, -0.2) is 9.38 Å². The number of nitrogens with zero attached hydrogens (tertiary/aromatic N) is 2. The first-order chi connectivity index (χ1) is 12.6. The number of esters is 1. The number of carbonyl (C=O) groups excluding carboxylic acids is 1. The summed E-state index contributed by atoms with van der Waals surface area (Å²) < 4.78 is 20.0. The van der Waals surface area contributed by atoms with E-state index in [1.165, 1.54) is 23.5 Å². The van der Waals surface area contributed by atoms with Gasteiger partial charge in [0.1, 0.15) is 12.4 Å². The van der Waals surface area contributed by atoms with Crippen molar-refractivity contribution >= 4 is 51.6 Å². The van der Waals surface area contributed by atoms with Crippen molar-refractivity contribution < 1.29 is 13.9 Å². The number of aromatic nitrogens is 1. The average molecular weight is 472 g/mol. The minimum absolute atomic E-state index is 0. The van der Waals surface area contributed by atoms with E-state index in [4.69, 9.17) is 16.3 Å². The highest BCUT2D eigenvalue weighted by Crippen LogP contribution is 2.23. The van der Waals surface area contributed by atoms with Crippen molar-refractivity contribution in [2.45, 2.75) is 13.5 Å². The number of carbonyl (C=O) groups is 1. The third-order valence-electron chi connectivity index (χ3n) is 3.58. The molecule has 0 atom stereocenters. The summed E-state index contributed by atoms with van der Waals surface area (Å²) in [7, 11) is 0. The lowest BCUT2D eigenvalue weighted by molar-refractivity contribution is -0.143. The summed E-state index contributed by atoms with van der Waals surface area (Å²) >= 11 is 7.36. The minimum Gasteiger partial charge on any atom is -0.465 e. The molecule has 1 heterocycles. The van der Waals surface area contributed by atoms with E-state index >= 15 is 0 Å². The number of hydrogen-bond donors (Lipinski definition) is 0. The third-order valence-corrected chi connectivity index (χ3v) is 4.70. The molecule has 0 amide bonds. The van der Waals surface area contributed by atoms with Crippen molar-refractivity contribution in [3.8, 4) is 11.3 Å². The van der Waals surface area contributed by atoms with E-state index in [2.05, 4.69) is 4.99 Å². The molecule has 0 bridgehead atoms. The van der Waals surface area contributed by atoms with E-state index < -0.39 is 0 Å². The maximum atomic E-state index is 13.1. The second-order valence-corrected chi connectivity index (χ2v) is 6.66. The van der Waals surface area contributed by atoms with Crippen LogP contribution in [-0.4, -0.2) is 17.1 Å². The Labute approximate surface area is 175 Å². The second kappa shape index (κ2) is 9.82. The Kier molecular flexibility index (Phi) is 7.77. The predicted molar refractivity (Wildman–Crippen MR) is 111 cm³/mol. The molecule has 0 fully saturated rings. The van der Waals surface area contributed by atoms with Crippen LogP contribution in [-0.2, 0) is 16.1 Å². The van der Waals surface area contributed by atoms with Gasteiger partial charge >= 0.3 is 5.97 Å². The molecule has 142 valence electrons. The van der Waals surface area contributed by atoms with Crippen LogP contribution in [0.1, 0.15) is 6.92 Å². The molecule has 0 unspecified atom stereocenters. The number of thiazole rings is 1. The van der Waals surface area contributed by atoms with Gasteiger partial charge in [0.15, 0.2) is 4.80 Å². The molecular formula is C19H17BrClFN2O2S. The van der Waals surface area contributed by atoms with Crippen molar-refractivity contribution in [2.24, 2.45) is 4.99 Å². The Morgan fingerprint density at radius 3 is 2.48 bits per heavy atom. The molecule has 0 radical (unpaired) electrons. The smallest absolute Gasteiger partial charge is 0.326 e. The van der Waals surface area contributed by atoms with Crippen molar-refractivity contribution in [3.63, 3.8) is 0 Å². The van der Waals surface area contributed by atoms with Crippen LogP contribution in [0.2, 0.25) is 5.02 Å². The minimum atomic E-state index is -0.346. The molecule has 0 aliphatic carbocycles. The van der Waals surface area contributed by atoms with Crippen molar-refractivity contribution in [1.82, 2.24) is 4.57 Å². The first kappa shape index (κ1) is 21.3. The van der Waals surface area contributed by atoms with Crippen molar-refractivity contribution in [1.29, 1.82) is 0 Å². The Bertz CT molecular complexity index is 969. The standard InChI is InChI=1S/C19H16ClFN2O2S.BrH/c1-2-25-18(24)11-23-17(13-3-5-14(20)6-4-13)12-26-19(23)22-16-9-7-15(21)8-10-16;/h3-10,12H,2,11H2,1H3;1H. The Morgan fingerprint density at radius 2 is 1.85 bits per heavy atom. The molecule has 0 aliphatic heterocycles. The van der Waals surface area contributed by atoms with Crippen molar-refractivity contribution in [3.05, 3.63) is 69.6 Å². The number of rotatable bonds is 5. The zero-order chi connectivity index (χ0) is 18.5. The first-order valence-electron chi connectivity index (χ1n) is 7.97. The summed E-state index contributed by atoms with van der Waals surface area (Å²) in [5.41, 5.74) is 2.35. The first-order valence-corrected chi connectivity index (χ1v) is 9.23. The van der Waals surface area contributed by atoms with Gasteiger partial charge in [-0.1, -0.05) is 23.7 Å². The van der Waals surface area contributed by atoms with Gasteiger partial charge in [-0.2, -0.15) is 0 Å². The van der Waals surface area contributed by atoms with Crippen LogP contribution in [0.3, 0.4) is 0 Å². The maximum Gasteiger partial charge on any atom is 0.326 e. The number of hydrogen-bond acceptors (Lipinski definition) is 4. The fourth-order valence-corrected chi connectivity index (χ4v) is 3.44. The largest absolute Gasteiger partial charge is 0.465 e. The normalized spacial score (nSPS) is 11.1. The highest BCUT2D eigenvalue weighted by Gasteiger charge is 2.12. The van der Waals surface area contributed by atoms with Gasteiger partial charge in [0, 0.05) is 10.4 Å². The summed E-state index contributed by atoms with van der Waals surface area (Å²) in [5, 5.41) is 2.56. The molecule has 2 aromatic carbocycles. The zero-order valence-electron chi connectivity index (χ0n) is 14.4. The van der Waals surface area contributed by atoms with Crippen LogP contribution in [0.5, 0.6) is 0 Å². The number of halogens is 3. The summed E-state index contributed by atoms with van der Waals surface area (Å²) in [5.74, 6) is -0.668. The fourth-order valence-electron chi connectivity index (χ4n) is 2.38. The van der Waals surface area contributed by atoms with Gasteiger partial charge in [-0.3, -0.25) is 4.79 Å². The number of ether oxygens (including phenoxy) is 1. The maximum absolute atomic E-state index is 13.1. The molecule has 0 aliphatic rings. The fraction of sp³-hybridized carbons (Fsp3) is 0.158. The Morgan fingerprint density at radius 1 is 1.19 bits per heavy atom. The van der Waals surface area contributed by atoms with Gasteiger partial charge in [-0.05, 0) is 48.9 Å². The average Bonchev–Trinajstić information content (AvgIpc) is 3.00. The summed E-state index contributed by atoms with van der Waals surface area (Å²) in [6.07, 6.45) is 0. The van der Waals surface area contributed by atoms with Crippen molar-refractivity contribution in [2.75, 3.05) is 6.61 Å². The van der Waals surface area contributed by atoms with Crippen LogP contribution in [0.25, 0.3) is 11.3 Å². The van der Waals surface area contributed by atoms with Crippen LogP contribution in [0.15, 0.2) is 58.9 Å². The van der Waals surface area contributed by atoms with Gasteiger partial charge in [0.2, 0.25) is 0 Å². The number of benzene rings is 2. The molecule has 3 rings (SSSR count). The molecule has 27 heavy (non-hydrogen) atoms. The van der Waals surface area contributed by atoms with E-state index in [9.17, 15) is 9.18 Å². The van der Waals surface area contributed by atoms with Crippen LogP contribution in [0, 0.1) is 5.82 Å². The molecule has 0 saturated carbocycles. The lowest BCUT2D eigenvalue weighted by atomic mass is 10.2. The van der Waals surface area contributed by atoms with E-state index in [1.54, 1.807) is 35.8 Å². The molecule has 0 N–H and O–H groups in total. The highest BCUT2D eigenvalue weighted by atomic mass is 79.9. The summed E-state index contributed by atoms with van der Waals surface area (Å²) in [6.45, 7) is 2.11. The predicted octanol–water partition coefficient (Wildman–Crippen LogP) is 5.38. The van der Waals surface area contributed by atoms with Crippen LogP contribution < -0.4 is 4.80 Å². The monoisotopic (exact) mass is 470 g/mol.